The molecule has 7 heteroatoms. The lowest BCUT2D eigenvalue weighted by molar-refractivity contribution is -0.136. The molecule has 168 valence electrons. The van der Waals surface area contributed by atoms with Gasteiger partial charge in [0, 0.05) is 11.6 Å². The maximum absolute atomic E-state index is 13.4. The molecule has 3 aromatic carbocycles. The second kappa shape index (κ2) is 9.88. The summed E-state index contributed by atoms with van der Waals surface area (Å²) in [5.41, 5.74) is 2.43. The third-order valence-corrected chi connectivity index (χ3v) is 5.54. The first-order valence-electron chi connectivity index (χ1n) is 10.6. The van der Waals surface area contributed by atoms with Gasteiger partial charge in [0.05, 0.1) is 17.9 Å². The van der Waals surface area contributed by atoms with Crippen molar-refractivity contribution in [3.05, 3.63) is 100 Å². The van der Waals surface area contributed by atoms with Gasteiger partial charge in [0.25, 0.3) is 11.8 Å². The summed E-state index contributed by atoms with van der Waals surface area (Å²) in [6.45, 7) is 2.49. The minimum Gasteiger partial charge on any atom is -0.492 e. The Morgan fingerprint density at radius 3 is 2.33 bits per heavy atom. The van der Waals surface area contributed by atoms with E-state index in [9.17, 15) is 14.0 Å². The van der Waals surface area contributed by atoms with Crippen molar-refractivity contribution in [1.29, 1.82) is 0 Å². The number of halogens is 2. The van der Waals surface area contributed by atoms with Gasteiger partial charge in [-0.05, 0) is 60.9 Å². The average molecular weight is 465 g/mol. The number of para-hydroxylation sites is 2. The smallest absolute Gasteiger partial charge is 0.278 e. The molecule has 0 aromatic heterocycles. The van der Waals surface area contributed by atoms with Crippen LogP contribution in [0.4, 0.5) is 10.1 Å². The molecule has 1 N–H and O–H groups in total. The van der Waals surface area contributed by atoms with E-state index in [0.29, 0.717) is 35.1 Å². The maximum atomic E-state index is 13.4. The van der Waals surface area contributed by atoms with E-state index in [1.54, 1.807) is 48.5 Å². The van der Waals surface area contributed by atoms with E-state index in [1.807, 2.05) is 19.1 Å². The Labute approximate surface area is 196 Å². The predicted molar refractivity (Wildman–Crippen MR) is 126 cm³/mol. The van der Waals surface area contributed by atoms with E-state index in [0.717, 1.165) is 5.56 Å². The van der Waals surface area contributed by atoms with Crippen LogP contribution in [0.2, 0.25) is 5.02 Å². The Kier molecular flexibility index (Phi) is 6.75. The summed E-state index contributed by atoms with van der Waals surface area (Å²) in [6, 6.07) is 20.0. The van der Waals surface area contributed by atoms with Crippen molar-refractivity contribution >= 4 is 34.7 Å². The van der Waals surface area contributed by atoms with Gasteiger partial charge in [-0.3, -0.25) is 14.5 Å². The fraction of sp³-hybridized carbons (Fsp3) is 0.154. The quantitative estimate of drug-likeness (QED) is 0.459. The van der Waals surface area contributed by atoms with Gasteiger partial charge in [-0.2, -0.15) is 0 Å². The number of ether oxygens (including phenoxy) is 1. The molecule has 0 fully saturated rings. The van der Waals surface area contributed by atoms with Gasteiger partial charge in [-0.1, -0.05) is 48.0 Å². The topological polar surface area (TPSA) is 58.6 Å². The fourth-order valence-electron chi connectivity index (χ4n) is 3.66. The molecule has 1 aliphatic rings. The Morgan fingerprint density at radius 2 is 1.64 bits per heavy atom. The van der Waals surface area contributed by atoms with Crippen LogP contribution < -0.4 is 10.1 Å². The molecule has 0 saturated heterocycles. The number of carbonyl (C=O) groups excluding carboxylic acids is 2. The van der Waals surface area contributed by atoms with Crippen LogP contribution in [0.1, 0.15) is 18.1 Å². The van der Waals surface area contributed by atoms with Gasteiger partial charge in [-0.15, -0.1) is 0 Å². The van der Waals surface area contributed by atoms with Gasteiger partial charge < -0.3 is 10.1 Å². The van der Waals surface area contributed by atoms with Crippen LogP contribution in [0.5, 0.6) is 5.75 Å². The number of benzene rings is 3. The number of nitrogens with zero attached hydrogens (tertiary/aromatic N) is 1. The van der Waals surface area contributed by atoms with Gasteiger partial charge >= 0.3 is 0 Å². The summed E-state index contributed by atoms with van der Waals surface area (Å²) < 4.78 is 18.9. The van der Waals surface area contributed by atoms with Crippen LogP contribution in [0, 0.1) is 5.82 Å². The van der Waals surface area contributed by atoms with Crippen LogP contribution in [-0.2, 0) is 16.0 Å². The molecule has 0 radical (unpaired) electrons. The summed E-state index contributed by atoms with van der Waals surface area (Å²) in [7, 11) is 0. The van der Waals surface area contributed by atoms with Crippen LogP contribution in [0.25, 0.3) is 5.57 Å². The van der Waals surface area contributed by atoms with Gasteiger partial charge in [0.1, 0.15) is 17.3 Å². The summed E-state index contributed by atoms with van der Waals surface area (Å²) in [4.78, 5) is 28.0. The number of rotatable bonds is 8. The number of carbonyl (C=O) groups is 2. The predicted octanol–water partition coefficient (Wildman–Crippen LogP) is 5.31. The lowest BCUT2D eigenvalue weighted by atomic mass is 10.0. The van der Waals surface area contributed by atoms with Crippen molar-refractivity contribution in [2.24, 2.45) is 0 Å². The number of nitrogens with one attached hydrogen (secondary N) is 1. The molecule has 33 heavy (non-hydrogen) atoms. The first-order valence-corrected chi connectivity index (χ1v) is 11.0. The molecule has 0 unspecified atom stereocenters. The Morgan fingerprint density at radius 1 is 0.939 bits per heavy atom. The third kappa shape index (κ3) is 4.91. The third-order valence-electron chi connectivity index (χ3n) is 5.28. The minimum absolute atomic E-state index is 0.165. The molecular formula is C26H22ClFN2O3. The molecule has 2 amide bonds. The largest absolute Gasteiger partial charge is 0.492 e. The molecule has 1 aliphatic heterocycles. The van der Waals surface area contributed by atoms with Crippen LogP contribution in [0.15, 0.2) is 78.5 Å². The molecule has 0 saturated carbocycles. The Balaban J connectivity index is 1.67. The molecule has 5 nitrogen and oxygen atoms in total. The zero-order valence-electron chi connectivity index (χ0n) is 18.0. The second-order valence-corrected chi connectivity index (χ2v) is 7.89. The first kappa shape index (κ1) is 22.6. The van der Waals surface area contributed by atoms with Crippen molar-refractivity contribution in [2.75, 3.05) is 18.5 Å². The van der Waals surface area contributed by atoms with E-state index in [1.165, 1.54) is 17.0 Å². The zero-order chi connectivity index (χ0) is 23.4. The number of anilines is 1. The summed E-state index contributed by atoms with van der Waals surface area (Å²) >= 11 is 6.03. The molecule has 0 aliphatic carbocycles. The summed E-state index contributed by atoms with van der Waals surface area (Å²) in [5.74, 6) is -0.592. The standard InChI is InChI=1S/C26H22ClFN2O3/c1-2-33-22-6-4-3-5-21(22)29-24-23(18-9-11-19(27)12-10-18)25(31)30(26(24)32)16-15-17-7-13-20(28)14-8-17/h3-14,29H,2,15-16H2,1H3. The van der Waals surface area contributed by atoms with Crippen molar-refractivity contribution in [3.63, 3.8) is 0 Å². The van der Waals surface area contributed by atoms with Gasteiger partial charge in [-0.25, -0.2) is 4.39 Å². The zero-order valence-corrected chi connectivity index (χ0v) is 18.7. The normalized spacial score (nSPS) is 13.6. The van der Waals surface area contributed by atoms with E-state index < -0.39 is 11.8 Å². The van der Waals surface area contributed by atoms with Crippen molar-refractivity contribution in [1.82, 2.24) is 4.90 Å². The number of hydrogen-bond acceptors (Lipinski definition) is 4. The van der Waals surface area contributed by atoms with Crippen LogP contribution >= 0.6 is 11.6 Å². The number of amides is 2. The number of imide groups is 1. The monoisotopic (exact) mass is 464 g/mol. The van der Waals surface area contributed by atoms with Gasteiger partial charge in [0.2, 0.25) is 0 Å². The number of hydrogen-bond donors (Lipinski definition) is 1. The molecule has 3 aromatic rings. The first-order chi connectivity index (χ1) is 16.0. The van der Waals surface area contributed by atoms with E-state index in [2.05, 4.69) is 5.32 Å². The Bertz CT molecular complexity index is 1210. The lowest BCUT2D eigenvalue weighted by Crippen LogP contribution is -2.34. The van der Waals surface area contributed by atoms with Crippen molar-refractivity contribution in [2.45, 2.75) is 13.3 Å². The van der Waals surface area contributed by atoms with Crippen molar-refractivity contribution < 1.29 is 18.7 Å². The molecule has 0 bridgehead atoms. The highest BCUT2D eigenvalue weighted by Crippen LogP contribution is 2.33. The molecule has 0 spiro atoms. The molecule has 1 heterocycles. The second-order valence-electron chi connectivity index (χ2n) is 7.45. The van der Waals surface area contributed by atoms with Crippen LogP contribution in [-0.4, -0.2) is 29.9 Å². The summed E-state index contributed by atoms with van der Waals surface area (Å²) in [6.07, 6.45) is 0.411. The Hall–Kier alpha value is -3.64. The van der Waals surface area contributed by atoms with E-state index in [4.69, 9.17) is 16.3 Å². The molecule has 0 atom stereocenters. The molecular weight excluding hydrogens is 443 g/mol. The maximum Gasteiger partial charge on any atom is 0.278 e. The highest BCUT2D eigenvalue weighted by molar-refractivity contribution is 6.37. The molecule has 4 rings (SSSR count). The SMILES string of the molecule is CCOc1ccccc1NC1=C(c2ccc(Cl)cc2)C(=O)N(CCc2ccc(F)cc2)C1=O. The lowest BCUT2D eigenvalue weighted by Gasteiger charge is -2.16. The van der Waals surface area contributed by atoms with Gasteiger partial charge in [0.15, 0.2) is 0 Å². The van der Waals surface area contributed by atoms with E-state index >= 15 is 0 Å². The average Bonchev–Trinajstić information content (AvgIpc) is 3.04. The highest BCUT2D eigenvalue weighted by Gasteiger charge is 2.39. The van der Waals surface area contributed by atoms with Crippen LogP contribution in [0.3, 0.4) is 0 Å². The summed E-state index contributed by atoms with van der Waals surface area (Å²) in [5, 5.41) is 3.66. The fourth-order valence-corrected chi connectivity index (χ4v) is 3.78. The minimum atomic E-state index is -0.432. The van der Waals surface area contributed by atoms with E-state index in [-0.39, 0.29) is 23.6 Å². The van der Waals surface area contributed by atoms with Crippen molar-refractivity contribution in [3.8, 4) is 5.75 Å². The highest BCUT2D eigenvalue weighted by atomic mass is 35.5.